The van der Waals surface area contributed by atoms with E-state index < -0.39 is 10.0 Å². The maximum atomic E-state index is 12.9. The van der Waals surface area contributed by atoms with E-state index in [1.54, 1.807) is 12.1 Å². The maximum Gasteiger partial charge on any atom is 0.239 e. The molecule has 0 aliphatic carbocycles. The van der Waals surface area contributed by atoms with E-state index in [0.717, 1.165) is 27.7 Å². The van der Waals surface area contributed by atoms with E-state index in [2.05, 4.69) is 10.1 Å². The third-order valence-electron chi connectivity index (χ3n) is 4.75. The topological polar surface area (TPSA) is 119 Å². The van der Waals surface area contributed by atoms with Gasteiger partial charge in [0.05, 0.1) is 10.7 Å². The average molecular weight is 430 g/mol. The van der Waals surface area contributed by atoms with Gasteiger partial charge in [-0.2, -0.15) is 0 Å². The molecular formula is C20H16ClN3O4S. The summed E-state index contributed by atoms with van der Waals surface area (Å²) in [5.74, 6) is 0.363. The first-order chi connectivity index (χ1) is 13.7. The minimum atomic E-state index is -4.04. The van der Waals surface area contributed by atoms with Crippen LogP contribution in [0.25, 0.3) is 22.0 Å². The van der Waals surface area contributed by atoms with Crippen molar-refractivity contribution < 1.29 is 17.7 Å². The number of rotatable bonds is 4. The van der Waals surface area contributed by atoms with E-state index in [1.807, 2.05) is 26.1 Å². The van der Waals surface area contributed by atoms with Crippen LogP contribution in [-0.4, -0.2) is 24.3 Å². The summed E-state index contributed by atoms with van der Waals surface area (Å²) in [7, 11) is -4.04. The van der Waals surface area contributed by atoms with Gasteiger partial charge in [-0.1, -0.05) is 28.9 Å². The third kappa shape index (κ3) is 3.35. The largest absolute Gasteiger partial charge is 0.361 e. The van der Waals surface area contributed by atoms with Crippen molar-refractivity contribution in [2.24, 2.45) is 5.14 Å². The predicted molar refractivity (Wildman–Crippen MR) is 110 cm³/mol. The summed E-state index contributed by atoms with van der Waals surface area (Å²) in [6, 6.07) is 9.23. The van der Waals surface area contributed by atoms with Gasteiger partial charge < -0.3 is 9.51 Å². The highest BCUT2D eigenvalue weighted by Gasteiger charge is 2.19. The number of hydrogen-bond acceptors (Lipinski definition) is 5. The molecular weight excluding hydrogens is 414 g/mol. The quantitative estimate of drug-likeness (QED) is 0.475. The lowest BCUT2D eigenvalue weighted by Gasteiger charge is -2.06. The zero-order valence-electron chi connectivity index (χ0n) is 15.5. The second kappa shape index (κ2) is 6.84. The number of aromatic nitrogens is 2. The molecule has 0 spiro atoms. The smallest absolute Gasteiger partial charge is 0.239 e. The fourth-order valence-corrected chi connectivity index (χ4v) is 4.44. The summed E-state index contributed by atoms with van der Waals surface area (Å²) in [4.78, 5) is 15.8. The minimum Gasteiger partial charge on any atom is -0.361 e. The van der Waals surface area contributed by atoms with Gasteiger partial charge in [0.25, 0.3) is 0 Å². The van der Waals surface area contributed by atoms with Gasteiger partial charge >= 0.3 is 0 Å². The van der Waals surface area contributed by atoms with Crippen molar-refractivity contribution in [2.75, 3.05) is 0 Å². The maximum absolute atomic E-state index is 12.9. The van der Waals surface area contributed by atoms with E-state index in [1.165, 1.54) is 18.2 Å². The van der Waals surface area contributed by atoms with E-state index in [4.69, 9.17) is 21.3 Å². The summed E-state index contributed by atoms with van der Waals surface area (Å²) in [5, 5.41) is 10.0. The number of benzene rings is 2. The monoisotopic (exact) mass is 429 g/mol. The Morgan fingerprint density at radius 3 is 2.48 bits per heavy atom. The molecule has 2 aromatic heterocycles. The van der Waals surface area contributed by atoms with Crippen molar-refractivity contribution in [3.8, 4) is 11.1 Å². The fraction of sp³-hybridized carbons (Fsp3) is 0.100. The number of sulfonamides is 1. The molecule has 0 fully saturated rings. The molecule has 0 aliphatic heterocycles. The predicted octanol–water partition coefficient (Wildman–Crippen LogP) is 3.97. The average Bonchev–Trinajstić information content (AvgIpc) is 3.22. The summed E-state index contributed by atoms with van der Waals surface area (Å²) in [6.45, 7) is 3.71. The lowest BCUT2D eigenvalue weighted by Crippen LogP contribution is -2.14. The number of aryl methyl sites for hydroxylation is 2. The number of aromatic amines is 1. The first-order valence-corrected chi connectivity index (χ1v) is 10.5. The molecule has 9 heteroatoms. The number of nitrogens with one attached hydrogen (secondary N) is 1. The summed E-state index contributed by atoms with van der Waals surface area (Å²) >= 11 is 5.90. The van der Waals surface area contributed by atoms with Crippen LogP contribution in [0.1, 0.15) is 27.4 Å². The Morgan fingerprint density at radius 2 is 1.83 bits per heavy atom. The van der Waals surface area contributed by atoms with Crippen LogP contribution < -0.4 is 5.14 Å². The standard InChI is InChI=1S/C20H16ClN3O4S/c1-10-19(11(2)28-24-10)15-9-23-17-7-12(3-5-14(15)17)20(25)13-4-6-16(21)18(8-13)29(22,26)27/h3-9,23H,1-2H3,(H2,22,26,27). The van der Waals surface area contributed by atoms with Crippen LogP contribution in [0, 0.1) is 13.8 Å². The zero-order valence-corrected chi connectivity index (χ0v) is 17.1. The molecule has 0 saturated heterocycles. The van der Waals surface area contributed by atoms with Crippen molar-refractivity contribution in [1.29, 1.82) is 0 Å². The molecule has 2 aromatic carbocycles. The number of hydrogen-bond donors (Lipinski definition) is 2. The lowest BCUT2D eigenvalue weighted by atomic mass is 9.99. The molecule has 4 rings (SSSR count). The van der Waals surface area contributed by atoms with E-state index >= 15 is 0 Å². The molecule has 0 saturated carbocycles. The first-order valence-electron chi connectivity index (χ1n) is 8.58. The molecule has 4 aromatic rings. The Kier molecular flexibility index (Phi) is 4.57. The number of nitrogens with two attached hydrogens (primary N) is 1. The summed E-state index contributed by atoms with van der Waals surface area (Å²) in [5.41, 5.74) is 3.94. The van der Waals surface area contributed by atoms with Gasteiger partial charge in [0.2, 0.25) is 10.0 Å². The number of carbonyl (C=O) groups excluding carboxylic acids is 1. The molecule has 29 heavy (non-hydrogen) atoms. The first kappa shape index (κ1) is 19.4. The highest BCUT2D eigenvalue weighted by Crippen LogP contribution is 2.34. The number of nitrogens with zero attached hydrogens (tertiary/aromatic N) is 1. The fourth-order valence-electron chi connectivity index (χ4n) is 3.37. The van der Waals surface area contributed by atoms with Gasteiger partial charge in [-0.25, -0.2) is 13.6 Å². The zero-order chi connectivity index (χ0) is 20.9. The number of halogens is 1. The molecule has 148 valence electrons. The molecule has 2 heterocycles. The number of fused-ring (bicyclic) bond motifs is 1. The number of carbonyl (C=O) groups is 1. The highest BCUT2D eigenvalue weighted by atomic mass is 35.5. The molecule has 3 N–H and O–H groups in total. The molecule has 7 nitrogen and oxygen atoms in total. The van der Waals surface area contributed by atoms with Crippen LogP contribution in [0.5, 0.6) is 0 Å². The van der Waals surface area contributed by atoms with Crippen LogP contribution in [0.3, 0.4) is 0 Å². The van der Waals surface area contributed by atoms with Crippen molar-refractivity contribution in [3.05, 3.63) is 70.2 Å². The van der Waals surface area contributed by atoms with Gasteiger partial charge in [-0.3, -0.25) is 4.79 Å². The molecule has 0 atom stereocenters. The second-order valence-electron chi connectivity index (χ2n) is 6.68. The van der Waals surface area contributed by atoms with Crippen molar-refractivity contribution in [1.82, 2.24) is 10.1 Å². The van der Waals surface area contributed by atoms with Crippen LogP contribution >= 0.6 is 11.6 Å². The Hall–Kier alpha value is -2.94. The van der Waals surface area contributed by atoms with Crippen molar-refractivity contribution in [3.63, 3.8) is 0 Å². The normalized spacial score (nSPS) is 11.9. The van der Waals surface area contributed by atoms with Crippen LogP contribution in [-0.2, 0) is 10.0 Å². The third-order valence-corrected chi connectivity index (χ3v) is 6.14. The Bertz CT molecular complexity index is 1370. The number of ketones is 1. The van der Waals surface area contributed by atoms with Gasteiger partial charge in [0.1, 0.15) is 10.7 Å². The van der Waals surface area contributed by atoms with Gasteiger partial charge in [-0.15, -0.1) is 0 Å². The highest BCUT2D eigenvalue weighted by molar-refractivity contribution is 7.89. The molecule has 0 radical (unpaired) electrons. The SMILES string of the molecule is Cc1noc(C)c1-c1c[nH]c2cc(C(=O)c3ccc(Cl)c(S(N)(=O)=O)c3)ccc12. The molecule has 0 aliphatic rings. The summed E-state index contributed by atoms with van der Waals surface area (Å²) in [6.07, 6.45) is 1.84. The van der Waals surface area contributed by atoms with E-state index in [-0.39, 0.29) is 21.3 Å². The van der Waals surface area contributed by atoms with Crippen molar-refractivity contribution >= 4 is 38.3 Å². The summed E-state index contributed by atoms with van der Waals surface area (Å²) < 4.78 is 28.6. The van der Waals surface area contributed by atoms with Crippen LogP contribution in [0.4, 0.5) is 0 Å². The number of primary sulfonamides is 1. The van der Waals surface area contributed by atoms with Crippen LogP contribution in [0.2, 0.25) is 5.02 Å². The molecule has 0 unspecified atom stereocenters. The lowest BCUT2D eigenvalue weighted by molar-refractivity contribution is 0.103. The Morgan fingerprint density at radius 1 is 1.14 bits per heavy atom. The van der Waals surface area contributed by atoms with E-state index in [0.29, 0.717) is 11.3 Å². The van der Waals surface area contributed by atoms with Gasteiger partial charge in [0.15, 0.2) is 5.78 Å². The molecule has 0 amide bonds. The Labute approximate surface area is 171 Å². The van der Waals surface area contributed by atoms with Crippen molar-refractivity contribution in [2.45, 2.75) is 18.7 Å². The van der Waals surface area contributed by atoms with Gasteiger partial charge in [0, 0.05) is 39.4 Å². The second-order valence-corrected chi connectivity index (χ2v) is 8.62. The van der Waals surface area contributed by atoms with Crippen LogP contribution in [0.15, 0.2) is 52.0 Å². The number of H-pyrrole nitrogens is 1. The Balaban J connectivity index is 1.77. The molecule has 0 bridgehead atoms. The van der Waals surface area contributed by atoms with E-state index in [9.17, 15) is 13.2 Å². The minimum absolute atomic E-state index is 0.0343. The van der Waals surface area contributed by atoms with Gasteiger partial charge in [-0.05, 0) is 38.1 Å².